The van der Waals surface area contributed by atoms with E-state index < -0.39 is 5.60 Å². The van der Waals surface area contributed by atoms with E-state index in [1.165, 1.54) is 4.80 Å². The summed E-state index contributed by atoms with van der Waals surface area (Å²) in [7, 11) is 1.75. The molecule has 0 spiro atoms. The number of hydrogen-bond acceptors (Lipinski definition) is 3. The highest BCUT2D eigenvalue weighted by molar-refractivity contribution is 5.19. The quantitative estimate of drug-likeness (QED) is 0.677. The maximum absolute atomic E-state index is 10.3. The molecule has 2 unspecified atom stereocenters. The van der Waals surface area contributed by atoms with Crippen LogP contribution in [-0.2, 0) is 12.6 Å². The molecule has 4 nitrogen and oxygen atoms in total. The molecule has 0 bridgehead atoms. The molecule has 1 N–H and O–H groups in total. The van der Waals surface area contributed by atoms with Gasteiger partial charge in [0.15, 0.2) is 0 Å². The molecular weight excluding hydrogens is 178 g/mol. The molecule has 14 heavy (non-hydrogen) atoms. The molecule has 0 saturated carbocycles. The van der Waals surface area contributed by atoms with Gasteiger partial charge in [0, 0.05) is 7.05 Å². The van der Waals surface area contributed by atoms with Crippen LogP contribution < -0.4 is 0 Å². The van der Waals surface area contributed by atoms with Crippen molar-refractivity contribution in [2.24, 2.45) is 13.0 Å². The lowest BCUT2D eigenvalue weighted by atomic mass is 9.84. The lowest BCUT2D eigenvalue weighted by Gasteiger charge is -2.27. The third-order valence-corrected chi connectivity index (χ3v) is 2.72. The fraction of sp³-hybridized carbons (Fsp3) is 0.600. The fourth-order valence-corrected chi connectivity index (χ4v) is 1.71. The van der Waals surface area contributed by atoms with Gasteiger partial charge >= 0.3 is 0 Å². The number of nitrogens with zero attached hydrogens (tertiary/aromatic N) is 3. The molecule has 0 saturated heterocycles. The summed E-state index contributed by atoms with van der Waals surface area (Å²) in [5.41, 5.74) is -0.260. The van der Waals surface area contributed by atoms with Crippen LogP contribution in [0.3, 0.4) is 0 Å². The van der Waals surface area contributed by atoms with Crippen LogP contribution in [-0.4, -0.2) is 20.1 Å². The van der Waals surface area contributed by atoms with Crippen molar-refractivity contribution in [2.45, 2.75) is 25.4 Å². The summed E-state index contributed by atoms with van der Waals surface area (Å²) in [6.45, 7) is 2.15. The average molecular weight is 193 g/mol. The van der Waals surface area contributed by atoms with Crippen LogP contribution in [0.15, 0.2) is 18.3 Å². The Morgan fingerprint density at radius 3 is 2.93 bits per heavy atom. The molecule has 1 heterocycles. The van der Waals surface area contributed by atoms with E-state index in [1.54, 1.807) is 13.2 Å². The molecule has 0 aromatic carbocycles. The second kappa shape index (κ2) is 3.20. The van der Waals surface area contributed by atoms with Gasteiger partial charge in [-0.2, -0.15) is 15.0 Å². The van der Waals surface area contributed by atoms with Gasteiger partial charge in [0.25, 0.3) is 0 Å². The molecule has 1 aliphatic carbocycles. The van der Waals surface area contributed by atoms with Crippen molar-refractivity contribution in [3.63, 3.8) is 0 Å². The number of aliphatic hydroxyl groups is 1. The van der Waals surface area contributed by atoms with E-state index in [2.05, 4.69) is 17.1 Å². The van der Waals surface area contributed by atoms with Crippen molar-refractivity contribution in [2.75, 3.05) is 0 Å². The summed E-state index contributed by atoms with van der Waals surface area (Å²) in [5.74, 6) is 0.548. The normalized spacial score (nSPS) is 32.1. The van der Waals surface area contributed by atoms with Crippen LogP contribution in [0, 0.1) is 5.92 Å². The second-order valence-electron chi connectivity index (χ2n) is 4.02. The van der Waals surface area contributed by atoms with Gasteiger partial charge in [-0.25, -0.2) is 0 Å². The van der Waals surface area contributed by atoms with Gasteiger partial charge in [-0.3, -0.25) is 0 Å². The van der Waals surface area contributed by atoms with Gasteiger partial charge in [-0.1, -0.05) is 19.1 Å². The second-order valence-corrected chi connectivity index (χ2v) is 4.02. The van der Waals surface area contributed by atoms with E-state index in [-0.39, 0.29) is 0 Å². The van der Waals surface area contributed by atoms with Crippen molar-refractivity contribution in [3.8, 4) is 0 Å². The highest BCUT2D eigenvalue weighted by Gasteiger charge is 2.32. The first-order chi connectivity index (χ1) is 6.60. The Morgan fingerprint density at radius 2 is 2.43 bits per heavy atom. The Kier molecular flexibility index (Phi) is 2.15. The standard InChI is InChI=1S/C10H15N3O/c1-8-3-5-10(14,6-4-8)9-7-11-13(2)12-9/h3,5,7-8,14H,4,6H2,1-2H3. The molecular formula is C10H15N3O. The molecule has 1 aliphatic rings. The Labute approximate surface area is 83.2 Å². The summed E-state index contributed by atoms with van der Waals surface area (Å²) in [4.78, 5) is 1.47. The van der Waals surface area contributed by atoms with Gasteiger partial charge < -0.3 is 5.11 Å². The molecule has 0 radical (unpaired) electrons. The Bertz CT molecular complexity index is 358. The number of rotatable bonds is 1. The number of hydrogen-bond donors (Lipinski definition) is 1. The smallest absolute Gasteiger partial charge is 0.128 e. The lowest BCUT2D eigenvalue weighted by molar-refractivity contribution is 0.0623. The van der Waals surface area contributed by atoms with E-state index in [9.17, 15) is 5.11 Å². The van der Waals surface area contributed by atoms with Crippen LogP contribution in [0.1, 0.15) is 25.5 Å². The topological polar surface area (TPSA) is 50.9 Å². The average Bonchev–Trinajstić information content (AvgIpc) is 2.58. The summed E-state index contributed by atoms with van der Waals surface area (Å²) < 4.78 is 0. The largest absolute Gasteiger partial charge is 0.379 e. The third-order valence-electron chi connectivity index (χ3n) is 2.72. The van der Waals surface area contributed by atoms with Crippen molar-refractivity contribution in [3.05, 3.63) is 24.0 Å². The zero-order valence-electron chi connectivity index (χ0n) is 8.51. The number of aromatic nitrogens is 3. The Morgan fingerprint density at radius 1 is 1.64 bits per heavy atom. The van der Waals surface area contributed by atoms with Crippen molar-refractivity contribution >= 4 is 0 Å². The van der Waals surface area contributed by atoms with Crippen LogP contribution in [0.25, 0.3) is 0 Å². The monoisotopic (exact) mass is 193 g/mol. The first-order valence-electron chi connectivity index (χ1n) is 4.89. The van der Waals surface area contributed by atoms with Crippen molar-refractivity contribution < 1.29 is 5.11 Å². The summed E-state index contributed by atoms with van der Waals surface area (Å²) >= 11 is 0. The molecule has 0 aliphatic heterocycles. The van der Waals surface area contributed by atoms with E-state index >= 15 is 0 Å². The predicted molar refractivity (Wildman–Crippen MR) is 52.4 cm³/mol. The minimum atomic E-state index is -0.902. The van der Waals surface area contributed by atoms with E-state index in [0.717, 1.165) is 12.8 Å². The number of allylic oxidation sites excluding steroid dienone is 1. The number of aryl methyl sites for hydroxylation is 1. The Balaban J connectivity index is 2.29. The van der Waals surface area contributed by atoms with Crippen LogP contribution >= 0.6 is 0 Å². The van der Waals surface area contributed by atoms with Crippen molar-refractivity contribution in [1.82, 2.24) is 15.0 Å². The fourth-order valence-electron chi connectivity index (χ4n) is 1.71. The maximum atomic E-state index is 10.3. The first-order valence-corrected chi connectivity index (χ1v) is 4.89. The molecule has 0 amide bonds. The Hall–Kier alpha value is -1.16. The molecule has 2 atom stereocenters. The van der Waals surface area contributed by atoms with E-state index in [4.69, 9.17) is 0 Å². The van der Waals surface area contributed by atoms with Gasteiger partial charge in [-0.05, 0) is 18.8 Å². The lowest BCUT2D eigenvalue weighted by Crippen LogP contribution is -2.27. The van der Waals surface area contributed by atoms with Crippen LogP contribution in [0.4, 0.5) is 0 Å². The molecule has 1 aromatic rings. The summed E-state index contributed by atoms with van der Waals surface area (Å²) in [6, 6.07) is 0. The van der Waals surface area contributed by atoms with Gasteiger partial charge in [0.1, 0.15) is 11.3 Å². The van der Waals surface area contributed by atoms with E-state index in [1.807, 2.05) is 12.2 Å². The highest BCUT2D eigenvalue weighted by Crippen LogP contribution is 2.32. The van der Waals surface area contributed by atoms with Crippen LogP contribution in [0.2, 0.25) is 0 Å². The van der Waals surface area contributed by atoms with Crippen molar-refractivity contribution in [1.29, 1.82) is 0 Å². The minimum Gasteiger partial charge on any atom is -0.379 e. The zero-order chi connectivity index (χ0) is 10.2. The van der Waals surface area contributed by atoms with E-state index in [0.29, 0.717) is 11.6 Å². The van der Waals surface area contributed by atoms with Crippen LogP contribution in [0.5, 0.6) is 0 Å². The van der Waals surface area contributed by atoms with Gasteiger partial charge in [0.2, 0.25) is 0 Å². The van der Waals surface area contributed by atoms with Gasteiger partial charge in [0.05, 0.1) is 6.20 Å². The van der Waals surface area contributed by atoms with Gasteiger partial charge in [-0.15, -0.1) is 0 Å². The minimum absolute atomic E-state index is 0.548. The highest BCUT2D eigenvalue weighted by atomic mass is 16.3. The predicted octanol–water partition coefficient (Wildman–Crippen LogP) is 0.989. The first kappa shape index (κ1) is 9.40. The third kappa shape index (κ3) is 1.57. The molecule has 0 fully saturated rings. The molecule has 76 valence electrons. The molecule has 1 aromatic heterocycles. The molecule has 2 rings (SSSR count). The maximum Gasteiger partial charge on any atom is 0.128 e. The summed E-state index contributed by atoms with van der Waals surface area (Å²) in [5, 5.41) is 18.4. The summed E-state index contributed by atoms with van der Waals surface area (Å²) in [6.07, 6.45) is 7.22. The SMILES string of the molecule is CC1C=CC(O)(c2cnn(C)n2)CC1. The zero-order valence-corrected chi connectivity index (χ0v) is 8.51. The molecule has 4 heteroatoms.